The normalized spacial score (nSPS) is 13.5. The van der Waals surface area contributed by atoms with Crippen molar-refractivity contribution >= 4 is 11.9 Å². The molecule has 8 heteroatoms. The van der Waals surface area contributed by atoms with Gasteiger partial charge in [-0.05, 0) is 0 Å². The molecule has 1 unspecified atom stereocenters. The molecular weight excluding hydrogens is 191 g/mol. The number of carbonyl (C=O) groups is 1. The standard InChI is InChI=1S/C5H8F3N3O2/c6-5(7,8)1-2(3(12)13)11-4(9)10/h2H,1H2,(H,12,13)(H4,9,10,11). The minimum Gasteiger partial charge on any atom is -0.480 e. The molecule has 0 saturated heterocycles. The number of carboxylic acids is 1. The average Bonchev–Trinajstić information content (AvgIpc) is 1.81. The molecule has 0 aliphatic heterocycles. The Bertz CT molecular complexity index is 222. The summed E-state index contributed by atoms with van der Waals surface area (Å²) in [6.45, 7) is 0. The lowest BCUT2D eigenvalue weighted by Gasteiger charge is -2.10. The Kier molecular flexibility index (Phi) is 3.52. The van der Waals surface area contributed by atoms with Crippen molar-refractivity contribution in [1.29, 1.82) is 0 Å². The zero-order valence-corrected chi connectivity index (χ0v) is 6.38. The Hall–Kier alpha value is -1.47. The number of hydrogen-bond donors (Lipinski definition) is 3. The van der Waals surface area contributed by atoms with Crippen molar-refractivity contribution in [3.8, 4) is 0 Å². The molecule has 0 aliphatic rings. The molecule has 0 aliphatic carbocycles. The van der Waals surface area contributed by atoms with Crippen molar-refractivity contribution in [2.45, 2.75) is 18.6 Å². The summed E-state index contributed by atoms with van der Waals surface area (Å²) in [5.41, 5.74) is 9.49. The highest BCUT2D eigenvalue weighted by atomic mass is 19.4. The molecule has 0 radical (unpaired) electrons. The van der Waals surface area contributed by atoms with Gasteiger partial charge in [0.2, 0.25) is 0 Å². The van der Waals surface area contributed by atoms with Crippen LogP contribution in [0.2, 0.25) is 0 Å². The number of guanidine groups is 1. The zero-order chi connectivity index (χ0) is 10.6. The molecule has 0 fully saturated rings. The SMILES string of the molecule is NC(N)=NC(CC(F)(F)F)C(=O)O. The first-order valence-corrected chi connectivity index (χ1v) is 3.10. The number of nitrogens with two attached hydrogens (primary N) is 2. The van der Waals surface area contributed by atoms with Crippen molar-refractivity contribution in [1.82, 2.24) is 0 Å². The highest BCUT2D eigenvalue weighted by Gasteiger charge is 2.35. The van der Waals surface area contributed by atoms with E-state index in [0.29, 0.717) is 0 Å². The number of hydrogen-bond acceptors (Lipinski definition) is 2. The van der Waals surface area contributed by atoms with Gasteiger partial charge in [0.25, 0.3) is 0 Å². The number of aliphatic carboxylic acids is 1. The topological polar surface area (TPSA) is 102 Å². The highest BCUT2D eigenvalue weighted by Crippen LogP contribution is 2.22. The third-order valence-electron chi connectivity index (χ3n) is 1.01. The maximum absolute atomic E-state index is 11.7. The fourth-order valence-electron chi connectivity index (χ4n) is 0.587. The Morgan fingerprint density at radius 3 is 2.15 bits per heavy atom. The van der Waals surface area contributed by atoms with Gasteiger partial charge in [0, 0.05) is 0 Å². The van der Waals surface area contributed by atoms with Gasteiger partial charge in [-0.2, -0.15) is 13.2 Å². The van der Waals surface area contributed by atoms with E-state index in [0.717, 1.165) is 0 Å². The first-order chi connectivity index (χ1) is 5.72. The van der Waals surface area contributed by atoms with Crippen LogP contribution in [0.15, 0.2) is 4.99 Å². The molecule has 0 rings (SSSR count). The fraction of sp³-hybridized carbons (Fsp3) is 0.600. The van der Waals surface area contributed by atoms with Crippen LogP contribution in [0.25, 0.3) is 0 Å². The van der Waals surface area contributed by atoms with Gasteiger partial charge >= 0.3 is 12.1 Å². The van der Waals surface area contributed by atoms with Crippen LogP contribution in [0.5, 0.6) is 0 Å². The van der Waals surface area contributed by atoms with Crippen molar-refractivity contribution in [2.75, 3.05) is 0 Å². The molecule has 0 heterocycles. The van der Waals surface area contributed by atoms with Gasteiger partial charge in [0.05, 0.1) is 6.42 Å². The summed E-state index contributed by atoms with van der Waals surface area (Å²) in [5, 5.41) is 8.27. The second-order valence-electron chi connectivity index (χ2n) is 2.23. The van der Waals surface area contributed by atoms with E-state index in [9.17, 15) is 18.0 Å². The van der Waals surface area contributed by atoms with Gasteiger partial charge in [-0.3, -0.25) is 0 Å². The maximum atomic E-state index is 11.7. The molecule has 5 N–H and O–H groups in total. The van der Waals surface area contributed by atoms with E-state index in [1.165, 1.54) is 0 Å². The molecule has 1 atom stereocenters. The van der Waals surface area contributed by atoms with Gasteiger partial charge in [-0.15, -0.1) is 0 Å². The van der Waals surface area contributed by atoms with E-state index in [-0.39, 0.29) is 0 Å². The molecule has 0 aromatic carbocycles. The third-order valence-corrected chi connectivity index (χ3v) is 1.01. The van der Waals surface area contributed by atoms with Crippen LogP contribution in [0.3, 0.4) is 0 Å². The molecule has 13 heavy (non-hydrogen) atoms. The van der Waals surface area contributed by atoms with Crippen LogP contribution in [-0.2, 0) is 4.79 Å². The number of carboxylic acid groups (broad SMARTS) is 1. The third kappa shape index (κ3) is 5.76. The quantitative estimate of drug-likeness (QED) is 0.427. The Morgan fingerprint density at radius 1 is 1.46 bits per heavy atom. The Balaban J connectivity index is 4.46. The lowest BCUT2D eigenvalue weighted by molar-refractivity contribution is -0.156. The molecular formula is C5H8F3N3O2. The summed E-state index contributed by atoms with van der Waals surface area (Å²) >= 11 is 0. The fourth-order valence-corrected chi connectivity index (χ4v) is 0.587. The maximum Gasteiger partial charge on any atom is 0.391 e. The molecule has 0 spiro atoms. The minimum absolute atomic E-state index is 0.684. The van der Waals surface area contributed by atoms with Gasteiger partial charge in [0.15, 0.2) is 12.0 Å². The van der Waals surface area contributed by atoms with Crippen molar-refractivity contribution in [3.05, 3.63) is 0 Å². The summed E-state index contributed by atoms with van der Waals surface area (Å²) in [7, 11) is 0. The van der Waals surface area contributed by atoms with Crippen LogP contribution in [0, 0.1) is 0 Å². The van der Waals surface area contributed by atoms with Crippen LogP contribution >= 0.6 is 0 Å². The molecule has 5 nitrogen and oxygen atoms in total. The molecule has 76 valence electrons. The monoisotopic (exact) mass is 199 g/mol. The van der Waals surface area contributed by atoms with Crippen LogP contribution in [0.1, 0.15) is 6.42 Å². The first kappa shape index (κ1) is 11.5. The van der Waals surface area contributed by atoms with E-state index < -0.39 is 30.6 Å². The van der Waals surface area contributed by atoms with Crippen LogP contribution in [-0.4, -0.2) is 29.3 Å². The highest BCUT2D eigenvalue weighted by molar-refractivity contribution is 5.81. The first-order valence-electron chi connectivity index (χ1n) is 3.10. The molecule has 0 aromatic rings. The van der Waals surface area contributed by atoms with E-state index in [2.05, 4.69) is 4.99 Å². The molecule has 0 saturated carbocycles. The summed E-state index contributed by atoms with van der Waals surface area (Å²) in [4.78, 5) is 13.1. The zero-order valence-electron chi connectivity index (χ0n) is 6.38. The second kappa shape index (κ2) is 3.97. The van der Waals surface area contributed by atoms with Gasteiger partial charge in [-0.25, -0.2) is 9.79 Å². The molecule has 0 bridgehead atoms. The number of rotatable bonds is 3. The summed E-state index contributed by atoms with van der Waals surface area (Å²) in [6, 6.07) is -1.97. The number of halogens is 3. The van der Waals surface area contributed by atoms with Crippen molar-refractivity contribution in [3.63, 3.8) is 0 Å². The molecule has 0 amide bonds. The predicted octanol–water partition coefficient (Wildman–Crippen LogP) is -0.335. The van der Waals surface area contributed by atoms with Gasteiger partial charge in [0.1, 0.15) is 0 Å². The van der Waals surface area contributed by atoms with E-state index >= 15 is 0 Å². The van der Waals surface area contributed by atoms with Crippen molar-refractivity contribution < 1.29 is 23.1 Å². The van der Waals surface area contributed by atoms with Gasteiger partial charge in [-0.1, -0.05) is 0 Å². The molecule has 0 aromatic heterocycles. The Labute approximate surface area is 71.2 Å². The lowest BCUT2D eigenvalue weighted by Crippen LogP contribution is -2.31. The number of alkyl halides is 3. The number of aliphatic imine (C=N–C) groups is 1. The smallest absolute Gasteiger partial charge is 0.391 e. The Morgan fingerprint density at radius 2 is 1.92 bits per heavy atom. The van der Waals surface area contributed by atoms with E-state index in [1.807, 2.05) is 0 Å². The average molecular weight is 199 g/mol. The van der Waals surface area contributed by atoms with Crippen LogP contribution < -0.4 is 11.5 Å². The summed E-state index contributed by atoms with van der Waals surface area (Å²) in [5.74, 6) is -2.40. The minimum atomic E-state index is -4.61. The predicted molar refractivity (Wildman–Crippen MR) is 37.9 cm³/mol. The summed E-state index contributed by atoms with van der Waals surface area (Å²) in [6.07, 6.45) is -6.19. The van der Waals surface area contributed by atoms with Crippen LogP contribution in [0.4, 0.5) is 13.2 Å². The summed E-state index contributed by atoms with van der Waals surface area (Å²) < 4.78 is 35.1. The van der Waals surface area contributed by atoms with Crippen molar-refractivity contribution in [2.24, 2.45) is 16.5 Å². The second-order valence-corrected chi connectivity index (χ2v) is 2.23. The van der Waals surface area contributed by atoms with E-state index in [1.54, 1.807) is 0 Å². The lowest BCUT2D eigenvalue weighted by atomic mass is 10.2. The largest absolute Gasteiger partial charge is 0.480 e. The number of nitrogens with zero attached hydrogens (tertiary/aromatic N) is 1. The van der Waals surface area contributed by atoms with E-state index in [4.69, 9.17) is 16.6 Å². The van der Waals surface area contributed by atoms with Gasteiger partial charge < -0.3 is 16.6 Å².